The molecule has 5 unspecified atom stereocenters. The number of nitrogens with two attached hydrogens (primary N) is 1. The van der Waals surface area contributed by atoms with Gasteiger partial charge in [-0.25, -0.2) is 15.0 Å². The Balaban J connectivity index is 1.59. The molecule has 124 valence electrons. The zero-order valence-electron chi connectivity index (χ0n) is 12.5. The summed E-state index contributed by atoms with van der Waals surface area (Å²) in [5, 5.41) is 24.0. The Kier molecular flexibility index (Phi) is 3.64. The summed E-state index contributed by atoms with van der Waals surface area (Å²) in [4.78, 5) is 12.2. The number of hydrogen-bond acceptors (Lipinski definition) is 8. The van der Waals surface area contributed by atoms with Crippen LogP contribution in [0.25, 0.3) is 11.2 Å². The zero-order valence-corrected chi connectivity index (χ0v) is 12.5. The fourth-order valence-electron chi connectivity index (χ4n) is 3.45. The molecule has 2 aromatic heterocycles. The highest BCUT2D eigenvalue weighted by molar-refractivity contribution is 5.81. The molecule has 23 heavy (non-hydrogen) atoms. The molecule has 0 aliphatic carbocycles. The molecule has 9 heteroatoms. The fourth-order valence-corrected chi connectivity index (χ4v) is 3.45. The third kappa shape index (κ3) is 2.45. The highest BCUT2D eigenvalue weighted by Crippen LogP contribution is 2.35. The maximum absolute atomic E-state index is 10.4. The Labute approximate surface area is 132 Å². The van der Waals surface area contributed by atoms with Crippen molar-refractivity contribution in [3.8, 4) is 0 Å². The number of fused-ring (bicyclic) bond motifs is 1. The summed E-state index contributed by atoms with van der Waals surface area (Å²) in [7, 11) is 0. The van der Waals surface area contributed by atoms with Gasteiger partial charge in [-0.05, 0) is 31.8 Å². The lowest BCUT2D eigenvalue weighted by atomic mass is 9.97. The zero-order chi connectivity index (χ0) is 16.0. The molecule has 4 heterocycles. The van der Waals surface area contributed by atoms with Crippen molar-refractivity contribution in [2.75, 3.05) is 18.8 Å². The van der Waals surface area contributed by atoms with E-state index in [9.17, 15) is 10.2 Å². The predicted octanol–water partition coefficient (Wildman–Crippen LogP) is -0.973. The third-order valence-electron chi connectivity index (χ3n) is 4.73. The first kappa shape index (κ1) is 14.8. The highest BCUT2D eigenvalue weighted by Gasteiger charge is 2.45. The number of aromatic nitrogens is 4. The summed E-state index contributed by atoms with van der Waals surface area (Å²) in [5.41, 5.74) is 6.72. The van der Waals surface area contributed by atoms with Gasteiger partial charge in [0.1, 0.15) is 24.1 Å². The van der Waals surface area contributed by atoms with E-state index in [0.29, 0.717) is 23.5 Å². The molecule has 2 fully saturated rings. The molecule has 0 aromatic carbocycles. The molecule has 0 radical (unpaired) electrons. The van der Waals surface area contributed by atoms with Gasteiger partial charge >= 0.3 is 0 Å². The molecule has 5 N–H and O–H groups in total. The van der Waals surface area contributed by atoms with Gasteiger partial charge in [-0.1, -0.05) is 0 Å². The molecular weight excluding hydrogens is 300 g/mol. The van der Waals surface area contributed by atoms with E-state index in [1.165, 1.54) is 12.7 Å². The highest BCUT2D eigenvalue weighted by atomic mass is 16.6. The second-order valence-corrected chi connectivity index (χ2v) is 6.22. The maximum atomic E-state index is 10.4. The minimum atomic E-state index is -1.04. The Morgan fingerprint density at radius 3 is 2.96 bits per heavy atom. The molecule has 9 nitrogen and oxygen atoms in total. The minimum absolute atomic E-state index is 0.273. The van der Waals surface area contributed by atoms with E-state index in [2.05, 4.69) is 20.3 Å². The molecule has 2 aliphatic heterocycles. The lowest BCUT2D eigenvalue weighted by Crippen LogP contribution is -2.32. The molecule has 5 atom stereocenters. The normalized spacial score (nSPS) is 34.4. The van der Waals surface area contributed by atoms with Crippen molar-refractivity contribution < 1.29 is 14.9 Å². The third-order valence-corrected chi connectivity index (χ3v) is 4.73. The second kappa shape index (κ2) is 5.68. The van der Waals surface area contributed by atoms with Crippen molar-refractivity contribution in [2.45, 2.75) is 37.4 Å². The Morgan fingerprint density at radius 2 is 2.17 bits per heavy atom. The first-order valence-electron chi connectivity index (χ1n) is 7.80. The van der Waals surface area contributed by atoms with Gasteiger partial charge in [0.25, 0.3) is 0 Å². The second-order valence-electron chi connectivity index (χ2n) is 6.22. The van der Waals surface area contributed by atoms with Crippen molar-refractivity contribution in [3.63, 3.8) is 0 Å². The van der Waals surface area contributed by atoms with Crippen molar-refractivity contribution >= 4 is 17.0 Å². The van der Waals surface area contributed by atoms with Gasteiger partial charge in [-0.3, -0.25) is 4.57 Å². The predicted molar refractivity (Wildman–Crippen MR) is 81.3 cm³/mol. The van der Waals surface area contributed by atoms with Crippen LogP contribution in [0.5, 0.6) is 0 Å². The van der Waals surface area contributed by atoms with E-state index < -0.39 is 24.5 Å². The summed E-state index contributed by atoms with van der Waals surface area (Å²) >= 11 is 0. The largest absolute Gasteiger partial charge is 0.388 e. The summed E-state index contributed by atoms with van der Waals surface area (Å²) in [6.45, 7) is 1.91. The number of aliphatic hydroxyl groups excluding tert-OH is 2. The average molecular weight is 320 g/mol. The number of ether oxygens (including phenoxy) is 1. The summed E-state index contributed by atoms with van der Waals surface area (Å²) < 4.78 is 7.54. The molecule has 0 spiro atoms. The van der Waals surface area contributed by atoms with Crippen molar-refractivity contribution in [3.05, 3.63) is 12.7 Å². The standard InChI is InChI=1S/C14H20N6O3/c15-12-9-13(18-5-17-12)20(6-19-9)14-11(22)10(21)8(23-14)3-7-1-2-16-4-7/h5-8,10-11,14,16,21-22H,1-4H2,(H2,15,17,18). The summed E-state index contributed by atoms with van der Waals surface area (Å²) in [6, 6.07) is 0. The number of hydrogen-bond donors (Lipinski definition) is 4. The van der Waals surface area contributed by atoms with Crippen LogP contribution in [0.3, 0.4) is 0 Å². The molecule has 0 bridgehead atoms. The van der Waals surface area contributed by atoms with Gasteiger partial charge in [0.2, 0.25) is 0 Å². The van der Waals surface area contributed by atoms with Crippen LogP contribution in [0, 0.1) is 5.92 Å². The van der Waals surface area contributed by atoms with Crippen LogP contribution in [0.4, 0.5) is 5.82 Å². The quantitative estimate of drug-likeness (QED) is 0.568. The molecule has 2 aromatic rings. The summed E-state index contributed by atoms with van der Waals surface area (Å²) in [5.74, 6) is 0.730. The molecule has 4 rings (SSSR count). The van der Waals surface area contributed by atoms with E-state index in [0.717, 1.165) is 19.5 Å². The van der Waals surface area contributed by atoms with Gasteiger partial charge in [-0.2, -0.15) is 0 Å². The fraction of sp³-hybridized carbons (Fsp3) is 0.643. The number of aliphatic hydroxyl groups is 2. The van der Waals surface area contributed by atoms with Crippen LogP contribution in [0.1, 0.15) is 19.1 Å². The van der Waals surface area contributed by atoms with E-state index in [-0.39, 0.29) is 5.82 Å². The number of nitrogens with zero attached hydrogens (tertiary/aromatic N) is 4. The van der Waals surface area contributed by atoms with Crippen LogP contribution < -0.4 is 11.1 Å². The van der Waals surface area contributed by atoms with Gasteiger partial charge in [-0.15, -0.1) is 0 Å². The van der Waals surface area contributed by atoms with Crippen LogP contribution in [0.15, 0.2) is 12.7 Å². The van der Waals surface area contributed by atoms with Crippen molar-refractivity contribution in [1.29, 1.82) is 0 Å². The lowest BCUT2D eigenvalue weighted by Gasteiger charge is -2.18. The van der Waals surface area contributed by atoms with Crippen LogP contribution in [-0.4, -0.2) is 61.1 Å². The van der Waals surface area contributed by atoms with Gasteiger partial charge in [0.15, 0.2) is 17.7 Å². The number of rotatable bonds is 3. The van der Waals surface area contributed by atoms with E-state index in [1.54, 1.807) is 4.57 Å². The number of anilines is 1. The Bertz CT molecular complexity index is 701. The van der Waals surface area contributed by atoms with Crippen LogP contribution >= 0.6 is 0 Å². The smallest absolute Gasteiger partial charge is 0.167 e. The van der Waals surface area contributed by atoms with Crippen molar-refractivity contribution in [1.82, 2.24) is 24.8 Å². The average Bonchev–Trinajstić information content (AvgIpc) is 3.24. The number of nitrogen functional groups attached to an aromatic ring is 1. The van der Waals surface area contributed by atoms with Crippen LogP contribution in [0.2, 0.25) is 0 Å². The first-order chi connectivity index (χ1) is 11.1. The first-order valence-corrected chi connectivity index (χ1v) is 7.80. The van der Waals surface area contributed by atoms with Crippen molar-refractivity contribution in [2.24, 2.45) is 5.92 Å². The van der Waals surface area contributed by atoms with Gasteiger partial charge in [0.05, 0.1) is 12.4 Å². The Morgan fingerprint density at radius 1 is 1.30 bits per heavy atom. The Hall–Kier alpha value is -1.81. The van der Waals surface area contributed by atoms with Gasteiger partial charge < -0.3 is 26.0 Å². The molecular formula is C14H20N6O3. The van der Waals surface area contributed by atoms with E-state index in [4.69, 9.17) is 10.5 Å². The molecule has 2 aliphatic rings. The molecule has 0 amide bonds. The number of nitrogens with one attached hydrogen (secondary N) is 1. The molecule has 2 saturated heterocycles. The van der Waals surface area contributed by atoms with Gasteiger partial charge in [0, 0.05) is 0 Å². The summed E-state index contributed by atoms with van der Waals surface area (Å²) in [6.07, 6.45) is 1.52. The maximum Gasteiger partial charge on any atom is 0.167 e. The lowest BCUT2D eigenvalue weighted by molar-refractivity contribution is -0.0406. The van der Waals surface area contributed by atoms with E-state index in [1.807, 2.05) is 0 Å². The van der Waals surface area contributed by atoms with E-state index >= 15 is 0 Å². The minimum Gasteiger partial charge on any atom is -0.388 e. The van der Waals surface area contributed by atoms with Crippen LogP contribution in [-0.2, 0) is 4.74 Å². The molecule has 0 saturated carbocycles. The number of imidazole rings is 1. The monoisotopic (exact) mass is 320 g/mol. The SMILES string of the molecule is Nc1ncnc2c1ncn2C1OC(CC2CCNC2)C(O)C1O. The topological polar surface area (TPSA) is 131 Å².